The van der Waals surface area contributed by atoms with E-state index in [9.17, 15) is 4.79 Å². The second-order valence-electron chi connectivity index (χ2n) is 5.65. The van der Waals surface area contributed by atoms with Crippen molar-refractivity contribution in [2.24, 2.45) is 5.41 Å². The molecule has 2 aliphatic rings. The van der Waals surface area contributed by atoms with Crippen LogP contribution in [0.15, 0.2) is 18.2 Å². The molecule has 1 aliphatic carbocycles. The van der Waals surface area contributed by atoms with Gasteiger partial charge in [0.2, 0.25) is 0 Å². The molecule has 2 nitrogen and oxygen atoms in total. The van der Waals surface area contributed by atoms with Gasteiger partial charge in [0.05, 0.1) is 13.2 Å². The summed E-state index contributed by atoms with van der Waals surface area (Å²) in [6.07, 6.45) is 5.51. The molecule has 18 heavy (non-hydrogen) atoms. The van der Waals surface area contributed by atoms with Crippen LogP contribution < -0.4 is 0 Å². The van der Waals surface area contributed by atoms with Crippen molar-refractivity contribution in [1.29, 1.82) is 0 Å². The molecule has 0 unspecified atom stereocenters. The zero-order valence-electron chi connectivity index (χ0n) is 11.0. The maximum atomic E-state index is 12.8. The van der Waals surface area contributed by atoms with Crippen LogP contribution >= 0.6 is 0 Å². The summed E-state index contributed by atoms with van der Waals surface area (Å²) < 4.78 is 5.42. The molecule has 1 aromatic rings. The Morgan fingerprint density at radius 2 is 1.94 bits per heavy atom. The Morgan fingerprint density at radius 3 is 2.67 bits per heavy atom. The first-order chi connectivity index (χ1) is 8.75. The highest BCUT2D eigenvalue weighted by Crippen LogP contribution is 2.43. The van der Waals surface area contributed by atoms with Crippen LogP contribution in [-0.2, 0) is 18.0 Å². The summed E-state index contributed by atoms with van der Waals surface area (Å²) in [7, 11) is 0. The number of hydrogen-bond acceptors (Lipinski definition) is 2. The summed E-state index contributed by atoms with van der Waals surface area (Å²) in [6.45, 7) is 3.51. The summed E-state index contributed by atoms with van der Waals surface area (Å²) in [5.74, 6) is 0.359. The van der Waals surface area contributed by atoms with Crippen molar-refractivity contribution >= 4 is 5.78 Å². The predicted molar refractivity (Wildman–Crippen MR) is 70.5 cm³/mol. The van der Waals surface area contributed by atoms with Crippen LogP contribution in [0.5, 0.6) is 0 Å². The van der Waals surface area contributed by atoms with Crippen molar-refractivity contribution < 1.29 is 9.53 Å². The van der Waals surface area contributed by atoms with Crippen LogP contribution in [0.4, 0.5) is 0 Å². The minimum atomic E-state index is -0.0757. The zero-order valence-corrected chi connectivity index (χ0v) is 11.0. The number of Topliss-reactive ketones (excluding diaryl/α,β-unsaturated/α-hetero) is 1. The van der Waals surface area contributed by atoms with E-state index in [2.05, 4.69) is 19.1 Å². The molecule has 3 rings (SSSR count). The first-order valence-electron chi connectivity index (χ1n) is 6.99. The quantitative estimate of drug-likeness (QED) is 0.754. The highest BCUT2D eigenvalue weighted by Gasteiger charge is 2.39. The standard InChI is InChI=1S/C16H20O2/c1-2-16(7-3-4-8-16)15(17)12-5-6-13-10-18-11-14(13)9-12/h5-6,9H,2-4,7-8,10-11H2,1H3. The minimum Gasteiger partial charge on any atom is -0.372 e. The lowest BCUT2D eigenvalue weighted by Crippen LogP contribution is -2.27. The molecule has 1 aliphatic heterocycles. The highest BCUT2D eigenvalue weighted by molar-refractivity contribution is 6.00. The molecule has 0 radical (unpaired) electrons. The largest absolute Gasteiger partial charge is 0.372 e. The molecule has 0 atom stereocenters. The van der Waals surface area contributed by atoms with Gasteiger partial charge < -0.3 is 4.74 Å². The second kappa shape index (κ2) is 4.51. The third-order valence-corrected chi connectivity index (χ3v) is 4.70. The lowest BCUT2D eigenvalue weighted by molar-refractivity contribution is 0.0791. The van der Waals surface area contributed by atoms with Gasteiger partial charge in [-0.1, -0.05) is 31.9 Å². The molecule has 1 fully saturated rings. The van der Waals surface area contributed by atoms with E-state index in [1.54, 1.807) is 0 Å². The maximum absolute atomic E-state index is 12.8. The Labute approximate surface area is 108 Å². The third kappa shape index (κ3) is 1.79. The van der Waals surface area contributed by atoms with Gasteiger partial charge in [0, 0.05) is 11.0 Å². The molecule has 96 valence electrons. The molecule has 0 bridgehead atoms. The van der Waals surface area contributed by atoms with Gasteiger partial charge in [0.25, 0.3) is 0 Å². The Kier molecular flexibility index (Phi) is 2.98. The van der Waals surface area contributed by atoms with Gasteiger partial charge >= 0.3 is 0 Å². The van der Waals surface area contributed by atoms with Crippen LogP contribution in [0.2, 0.25) is 0 Å². The number of hydrogen-bond donors (Lipinski definition) is 0. The molecule has 1 saturated carbocycles. The lowest BCUT2D eigenvalue weighted by Gasteiger charge is -2.25. The summed E-state index contributed by atoms with van der Waals surface area (Å²) in [4.78, 5) is 12.8. The molecular formula is C16H20O2. The van der Waals surface area contributed by atoms with E-state index in [1.807, 2.05) is 6.07 Å². The molecule has 0 N–H and O–H groups in total. The van der Waals surface area contributed by atoms with Crippen LogP contribution in [0.3, 0.4) is 0 Å². The van der Waals surface area contributed by atoms with E-state index in [4.69, 9.17) is 4.74 Å². The van der Waals surface area contributed by atoms with Gasteiger partial charge in [0.15, 0.2) is 5.78 Å². The summed E-state index contributed by atoms with van der Waals surface area (Å²) in [6, 6.07) is 6.11. The number of carbonyl (C=O) groups is 1. The van der Waals surface area contributed by atoms with Crippen molar-refractivity contribution in [3.05, 3.63) is 34.9 Å². The van der Waals surface area contributed by atoms with Crippen LogP contribution in [0.25, 0.3) is 0 Å². The van der Waals surface area contributed by atoms with E-state index in [-0.39, 0.29) is 5.41 Å². The van der Waals surface area contributed by atoms with E-state index in [0.717, 1.165) is 24.8 Å². The number of ketones is 1. The van der Waals surface area contributed by atoms with Crippen molar-refractivity contribution in [3.63, 3.8) is 0 Å². The van der Waals surface area contributed by atoms with Crippen molar-refractivity contribution in [3.8, 4) is 0 Å². The molecule has 1 heterocycles. The van der Waals surface area contributed by atoms with E-state index in [0.29, 0.717) is 19.0 Å². The number of fused-ring (bicyclic) bond motifs is 1. The van der Waals surface area contributed by atoms with E-state index in [1.165, 1.54) is 24.0 Å². The highest BCUT2D eigenvalue weighted by atomic mass is 16.5. The maximum Gasteiger partial charge on any atom is 0.168 e. The van der Waals surface area contributed by atoms with Crippen molar-refractivity contribution in [2.75, 3.05) is 0 Å². The first kappa shape index (κ1) is 11.9. The number of ether oxygens (including phenoxy) is 1. The summed E-state index contributed by atoms with van der Waals surface area (Å²) in [5, 5.41) is 0. The Balaban J connectivity index is 1.92. The fourth-order valence-corrected chi connectivity index (χ4v) is 3.41. The van der Waals surface area contributed by atoms with Crippen LogP contribution in [0.1, 0.15) is 60.5 Å². The van der Waals surface area contributed by atoms with Crippen LogP contribution in [-0.4, -0.2) is 5.78 Å². The van der Waals surface area contributed by atoms with Gasteiger partial charge in [-0.2, -0.15) is 0 Å². The van der Waals surface area contributed by atoms with Crippen LogP contribution in [0, 0.1) is 5.41 Å². The summed E-state index contributed by atoms with van der Waals surface area (Å²) in [5.41, 5.74) is 3.25. The van der Waals surface area contributed by atoms with E-state index < -0.39 is 0 Å². The van der Waals surface area contributed by atoms with Crippen molar-refractivity contribution in [1.82, 2.24) is 0 Å². The number of carbonyl (C=O) groups excluding carboxylic acids is 1. The molecule has 1 aromatic carbocycles. The fourth-order valence-electron chi connectivity index (χ4n) is 3.41. The zero-order chi connectivity index (χ0) is 12.6. The molecule has 0 amide bonds. The first-order valence-corrected chi connectivity index (χ1v) is 6.99. The molecule has 0 spiro atoms. The monoisotopic (exact) mass is 244 g/mol. The van der Waals surface area contributed by atoms with Gasteiger partial charge in [-0.25, -0.2) is 0 Å². The number of rotatable bonds is 3. The van der Waals surface area contributed by atoms with Gasteiger partial charge in [-0.05, 0) is 36.5 Å². The minimum absolute atomic E-state index is 0.0757. The fraction of sp³-hybridized carbons (Fsp3) is 0.562. The molecular weight excluding hydrogens is 224 g/mol. The van der Waals surface area contributed by atoms with Gasteiger partial charge in [-0.3, -0.25) is 4.79 Å². The SMILES string of the molecule is CCC1(C(=O)c2ccc3c(c2)COC3)CCCC1. The van der Waals surface area contributed by atoms with E-state index >= 15 is 0 Å². The van der Waals surface area contributed by atoms with Crippen molar-refractivity contribution in [2.45, 2.75) is 52.2 Å². The Morgan fingerprint density at radius 1 is 1.22 bits per heavy atom. The third-order valence-electron chi connectivity index (χ3n) is 4.70. The topological polar surface area (TPSA) is 26.3 Å². The second-order valence-corrected chi connectivity index (χ2v) is 5.65. The van der Waals surface area contributed by atoms with Gasteiger partial charge in [-0.15, -0.1) is 0 Å². The average molecular weight is 244 g/mol. The summed E-state index contributed by atoms with van der Waals surface area (Å²) >= 11 is 0. The van der Waals surface area contributed by atoms with Gasteiger partial charge in [0.1, 0.15) is 0 Å². The predicted octanol–water partition coefficient (Wildman–Crippen LogP) is 3.87. The molecule has 0 aromatic heterocycles. The lowest BCUT2D eigenvalue weighted by atomic mass is 9.76. The Bertz CT molecular complexity index is 470. The smallest absolute Gasteiger partial charge is 0.168 e. The Hall–Kier alpha value is -1.15. The molecule has 0 saturated heterocycles. The number of benzene rings is 1. The average Bonchev–Trinajstić information content (AvgIpc) is 3.06. The normalized spacial score (nSPS) is 20.9. The molecule has 2 heteroatoms.